The van der Waals surface area contributed by atoms with E-state index < -0.39 is 30.8 Å². The SMILES string of the molecule is CCOCCOC(C)C(=O)NCC(N1CCNCC1)C(F)(F)F.Cl. The first-order valence-electron chi connectivity index (χ1n) is 7.84. The number of hydrogen-bond donors (Lipinski definition) is 2. The summed E-state index contributed by atoms with van der Waals surface area (Å²) in [7, 11) is 0. The van der Waals surface area contributed by atoms with Gasteiger partial charge in [-0.1, -0.05) is 0 Å². The standard InChI is InChI=1S/C14H26F3N3O3.ClH/c1-3-22-8-9-23-11(2)13(21)19-10-12(14(15,16)17)20-6-4-18-5-7-20;/h11-12,18H,3-10H2,1-2H3,(H,19,21);1H. The smallest absolute Gasteiger partial charge is 0.379 e. The van der Waals surface area contributed by atoms with Crippen molar-refractivity contribution in [2.45, 2.75) is 32.2 Å². The van der Waals surface area contributed by atoms with Crippen LogP contribution in [0.5, 0.6) is 0 Å². The molecule has 144 valence electrons. The molecule has 2 unspecified atom stereocenters. The van der Waals surface area contributed by atoms with Crippen molar-refractivity contribution < 1.29 is 27.4 Å². The molecule has 1 fully saturated rings. The number of alkyl halides is 3. The third kappa shape index (κ3) is 8.48. The number of carbonyl (C=O) groups is 1. The molecule has 2 N–H and O–H groups in total. The first-order valence-corrected chi connectivity index (χ1v) is 7.84. The number of piperazine rings is 1. The monoisotopic (exact) mass is 377 g/mol. The summed E-state index contributed by atoms with van der Waals surface area (Å²) in [5, 5.41) is 5.35. The quantitative estimate of drug-likeness (QED) is 0.582. The van der Waals surface area contributed by atoms with Gasteiger partial charge in [0.15, 0.2) is 0 Å². The zero-order chi connectivity index (χ0) is 17.3. The third-order valence-electron chi connectivity index (χ3n) is 3.61. The molecule has 0 aromatic rings. The Morgan fingerprint density at radius 3 is 2.46 bits per heavy atom. The minimum Gasteiger partial charge on any atom is -0.379 e. The van der Waals surface area contributed by atoms with Crippen molar-refractivity contribution in [1.82, 2.24) is 15.5 Å². The zero-order valence-corrected chi connectivity index (χ0v) is 14.8. The van der Waals surface area contributed by atoms with Gasteiger partial charge in [-0.2, -0.15) is 13.2 Å². The maximum Gasteiger partial charge on any atom is 0.405 e. The van der Waals surface area contributed by atoms with Gasteiger partial charge in [0.05, 0.1) is 13.2 Å². The second-order valence-corrected chi connectivity index (χ2v) is 5.30. The fourth-order valence-electron chi connectivity index (χ4n) is 2.29. The van der Waals surface area contributed by atoms with Crippen molar-refractivity contribution in [3.8, 4) is 0 Å². The summed E-state index contributed by atoms with van der Waals surface area (Å²) in [5.74, 6) is -0.550. The van der Waals surface area contributed by atoms with Gasteiger partial charge in [-0.3, -0.25) is 9.69 Å². The fraction of sp³-hybridized carbons (Fsp3) is 0.929. The van der Waals surface area contributed by atoms with Gasteiger partial charge in [0, 0.05) is 39.3 Å². The highest BCUT2D eigenvalue weighted by molar-refractivity contribution is 5.85. The molecule has 1 amide bonds. The van der Waals surface area contributed by atoms with Crippen LogP contribution in [0.1, 0.15) is 13.8 Å². The molecule has 0 spiro atoms. The van der Waals surface area contributed by atoms with Crippen molar-refractivity contribution in [3.63, 3.8) is 0 Å². The van der Waals surface area contributed by atoms with E-state index in [1.807, 2.05) is 6.92 Å². The maximum absolute atomic E-state index is 13.2. The van der Waals surface area contributed by atoms with Crippen LogP contribution in [0.4, 0.5) is 13.2 Å². The lowest BCUT2D eigenvalue weighted by molar-refractivity contribution is -0.184. The lowest BCUT2D eigenvalue weighted by Crippen LogP contribution is -2.58. The van der Waals surface area contributed by atoms with E-state index in [9.17, 15) is 18.0 Å². The van der Waals surface area contributed by atoms with Crippen molar-refractivity contribution in [3.05, 3.63) is 0 Å². The molecule has 0 aromatic carbocycles. The highest BCUT2D eigenvalue weighted by Gasteiger charge is 2.43. The molecular formula is C14H27ClF3N3O3. The zero-order valence-electron chi connectivity index (χ0n) is 14.0. The number of nitrogens with zero attached hydrogens (tertiary/aromatic N) is 1. The molecule has 0 aliphatic carbocycles. The predicted molar refractivity (Wildman–Crippen MR) is 86.5 cm³/mol. The van der Waals surface area contributed by atoms with Gasteiger partial charge in [0.25, 0.3) is 0 Å². The second-order valence-electron chi connectivity index (χ2n) is 5.30. The van der Waals surface area contributed by atoms with Crippen LogP contribution >= 0.6 is 12.4 Å². The molecule has 1 aliphatic heterocycles. The van der Waals surface area contributed by atoms with Crippen molar-refractivity contribution in [2.24, 2.45) is 0 Å². The molecular weight excluding hydrogens is 351 g/mol. The number of carbonyl (C=O) groups excluding carboxylic acids is 1. The summed E-state index contributed by atoms with van der Waals surface area (Å²) in [6.45, 7) is 5.63. The lowest BCUT2D eigenvalue weighted by atomic mass is 10.2. The highest BCUT2D eigenvalue weighted by atomic mass is 35.5. The van der Waals surface area contributed by atoms with Gasteiger partial charge in [0.1, 0.15) is 12.1 Å². The summed E-state index contributed by atoms with van der Waals surface area (Å²) in [4.78, 5) is 13.2. The van der Waals surface area contributed by atoms with Gasteiger partial charge >= 0.3 is 6.18 Å². The van der Waals surface area contributed by atoms with Crippen LogP contribution in [-0.4, -0.2) is 81.7 Å². The lowest BCUT2D eigenvalue weighted by Gasteiger charge is -2.36. The van der Waals surface area contributed by atoms with Crippen LogP contribution in [0.15, 0.2) is 0 Å². The summed E-state index contributed by atoms with van der Waals surface area (Å²) in [5.41, 5.74) is 0. The first-order chi connectivity index (χ1) is 10.9. The molecule has 2 atom stereocenters. The van der Waals surface area contributed by atoms with E-state index in [1.165, 1.54) is 11.8 Å². The largest absolute Gasteiger partial charge is 0.405 e. The average molecular weight is 378 g/mol. The Morgan fingerprint density at radius 1 is 1.29 bits per heavy atom. The Morgan fingerprint density at radius 2 is 1.92 bits per heavy atom. The summed E-state index contributed by atoms with van der Waals surface area (Å²) in [6, 6.07) is -1.68. The Labute approximate surface area is 146 Å². The Hall–Kier alpha value is -0.610. The first kappa shape index (κ1) is 23.4. The highest BCUT2D eigenvalue weighted by Crippen LogP contribution is 2.24. The molecule has 0 bridgehead atoms. The summed E-state index contributed by atoms with van der Waals surface area (Å²) < 4.78 is 49.8. The number of rotatable bonds is 9. The number of halogens is 4. The van der Waals surface area contributed by atoms with E-state index in [0.29, 0.717) is 39.4 Å². The van der Waals surface area contributed by atoms with E-state index >= 15 is 0 Å². The van der Waals surface area contributed by atoms with E-state index in [2.05, 4.69) is 10.6 Å². The molecule has 24 heavy (non-hydrogen) atoms. The van der Waals surface area contributed by atoms with Crippen molar-refractivity contribution in [2.75, 3.05) is 52.5 Å². The predicted octanol–water partition coefficient (Wildman–Crippen LogP) is 0.802. The number of amides is 1. The molecule has 1 saturated heterocycles. The normalized spacial score (nSPS) is 18.5. The van der Waals surface area contributed by atoms with Crippen LogP contribution in [0.2, 0.25) is 0 Å². The number of ether oxygens (including phenoxy) is 2. The maximum atomic E-state index is 13.2. The van der Waals surface area contributed by atoms with Gasteiger partial charge in [0.2, 0.25) is 5.91 Å². The number of hydrogen-bond acceptors (Lipinski definition) is 5. The van der Waals surface area contributed by atoms with E-state index in [1.54, 1.807) is 0 Å². The van der Waals surface area contributed by atoms with Crippen LogP contribution < -0.4 is 10.6 Å². The van der Waals surface area contributed by atoms with Crippen LogP contribution in [0, 0.1) is 0 Å². The second kappa shape index (κ2) is 11.9. The Bertz CT molecular complexity index is 356. The average Bonchev–Trinajstić information content (AvgIpc) is 2.51. The molecule has 0 aromatic heterocycles. The van der Waals surface area contributed by atoms with Gasteiger partial charge in [-0.25, -0.2) is 0 Å². The van der Waals surface area contributed by atoms with E-state index in [-0.39, 0.29) is 19.0 Å². The summed E-state index contributed by atoms with van der Waals surface area (Å²) in [6.07, 6.45) is -5.20. The third-order valence-corrected chi connectivity index (χ3v) is 3.61. The fourth-order valence-corrected chi connectivity index (χ4v) is 2.29. The van der Waals surface area contributed by atoms with Gasteiger partial charge in [-0.15, -0.1) is 12.4 Å². The van der Waals surface area contributed by atoms with Crippen LogP contribution in [0.3, 0.4) is 0 Å². The van der Waals surface area contributed by atoms with Crippen LogP contribution in [-0.2, 0) is 14.3 Å². The Kier molecular flexibility index (Phi) is 11.6. The summed E-state index contributed by atoms with van der Waals surface area (Å²) >= 11 is 0. The minimum atomic E-state index is -4.39. The molecule has 1 aliphatic rings. The molecule has 10 heteroatoms. The van der Waals surface area contributed by atoms with E-state index in [4.69, 9.17) is 9.47 Å². The Balaban J connectivity index is 0.00000529. The molecule has 1 heterocycles. The topological polar surface area (TPSA) is 62.8 Å². The molecule has 0 saturated carbocycles. The van der Waals surface area contributed by atoms with Gasteiger partial charge in [-0.05, 0) is 13.8 Å². The molecule has 1 rings (SSSR count). The van der Waals surface area contributed by atoms with Crippen molar-refractivity contribution >= 4 is 18.3 Å². The molecule has 0 radical (unpaired) electrons. The molecule has 6 nitrogen and oxygen atoms in total. The van der Waals surface area contributed by atoms with E-state index in [0.717, 1.165) is 0 Å². The number of nitrogens with one attached hydrogen (secondary N) is 2. The minimum absolute atomic E-state index is 0. The van der Waals surface area contributed by atoms with Crippen molar-refractivity contribution in [1.29, 1.82) is 0 Å². The van der Waals surface area contributed by atoms with Gasteiger partial charge < -0.3 is 20.1 Å². The van der Waals surface area contributed by atoms with Crippen LogP contribution in [0.25, 0.3) is 0 Å².